The number of carbonyl (C=O) groups excluding carboxylic acids is 1. The number of nitrogens with zero attached hydrogens (tertiary/aromatic N) is 4. The van der Waals surface area contributed by atoms with Gasteiger partial charge in [0.15, 0.2) is 0 Å². The minimum atomic E-state index is -1.18. The SMILES string of the molecule is CC(C)c1csc(C=Cc2ccn3c(=O)c(C=CC(=O)O)c(N4CCC[C@H](OC(N)=O)C4)nc3c2)n1. The van der Waals surface area contributed by atoms with Gasteiger partial charge in [-0.15, -0.1) is 11.3 Å². The number of hydrogen-bond donors (Lipinski definition) is 2. The van der Waals surface area contributed by atoms with E-state index in [0.29, 0.717) is 43.3 Å². The summed E-state index contributed by atoms with van der Waals surface area (Å²) in [5, 5.41) is 12.1. The van der Waals surface area contributed by atoms with Crippen molar-refractivity contribution in [3.8, 4) is 0 Å². The Morgan fingerprint density at radius 3 is 2.78 bits per heavy atom. The number of thiazole rings is 1. The topological polar surface area (TPSA) is 140 Å². The van der Waals surface area contributed by atoms with Gasteiger partial charge in [0.25, 0.3) is 5.56 Å². The normalized spacial score (nSPS) is 16.4. The van der Waals surface area contributed by atoms with Gasteiger partial charge in [-0.25, -0.2) is 19.6 Å². The Bertz CT molecular complexity index is 1410. The summed E-state index contributed by atoms with van der Waals surface area (Å²) in [4.78, 5) is 46.9. The summed E-state index contributed by atoms with van der Waals surface area (Å²) >= 11 is 1.56. The molecule has 1 atom stereocenters. The van der Waals surface area contributed by atoms with Crippen LogP contribution in [0.25, 0.3) is 23.9 Å². The smallest absolute Gasteiger partial charge is 0.404 e. The van der Waals surface area contributed by atoms with Crippen LogP contribution in [-0.2, 0) is 9.53 Å². The van der Waals surface area contributed by atoms with E-state index in [1.54, 1.807) is 29.7 Å². The fraction of sp³-hybridized carbons (Fsp3) is 0.320. The fourth-order valence-corrected chi connectivity index (χ4v) is 4.87. The standard InChI is InChI=1S/C25H27N5O5S/c1-15(2)19-14-36-21(27-19)7-5-16-9-11-30-20(12-16)28-23(18(24(30)33)6-8-22(31)32)29-10-3-4-17(13-29)35-25(26)34/h5-9,11-12,14-15,17H,3-4,10,13H2,1-2H3,(H2,26,34)(H,31,32)/t17-/m0/s1. The van der Waals surface area contributed by atoms with Crippen molar-refractivity contribution in [3.63, 3.8) is 0 Å². The molecule has 3 aromatic heterocycles. The minimum Gasteiger partial charge on any atom is -0.478 e. The monoisotopic (exact) mass is 509 g/mol. The molecule has 4 heterocycles. The Kier molecular flexibility index (Phi) is 7.49. The number of aromatic nitrogens is 3. The predicted octanol–water partition coefficient (Wildman–Crippen LogP) is 3.61. The number of amides is 1. The number of nitrogens with two attached hydrogens (primary N) is 1. The molecule has 0 aliphatic carbocycles. The van der Waals surface area contributed by atoms with Crippen molar-refractivity contribution in [2.75, 3.05) is 18.0 Å². The first-order valence-electron chi connectivity index (χ1n) is 11.5. The summed E-state index contributed by atoms with van der Waals surface area (Å²) in [6.45, 7) is 5.05. The van der Waals surface area contributed by atoms with E-state index in [1.165, 1.54) is 10.5 Å². The number of aliphatic carboxylic acids is 1. The molecule has 1 aliphatic heterocycles. The first-order chi connectivity index (χ1) is 17.2. The van der Waals surface area contributed by atoms with Crippen molar-refractivity contribution in [1.29, 1.82) is 0 Å². The van der Waals surface area contributed by atoms with Crippen LogP contribution in [0.1, 0.15) is 54.4 Å². The van der Waals surface area contributed by atoms with Crippen LogP contribution in [0.4, 0.5) is 10.6 Å². The highest BCUT2D eigenvalue weighted by Crippen LogP contribution is 2.24. The highest BCUT2D eigenvalue weighted by Gasteiger charge is 2.26. The predicted molar refractivity (Wildman–Crippen MR) is 139 cm³/mol. The maximum absolute atomic E-state index is 13.3. The molecule has 11 heteroatoms. The van der Waals surface area contributed by atoms with Crippen LogP contribution in [0.15, 0.2) is 34.6 Å². The number of carboxylic acid groups (broad SMARTS) is 1. The molecule has 1 aliphatic rings. The van der Waals surface area contributed by atoms with Crippen molar-refractivity contribution in [2.45, 2.75) is 38.7 Å². The maximum Gasteiger partial charge on any atom is 0.404 e. The van der Waals surface area contributed by atoms with Gasteiger partial charge in [-0.1, -0.05) is 19.9 Å². The highest BCUT2D eigenvalue weighted by atomic mass is 32.1. The third-order valence-electron chi connectivity index (χ3n) is 5.77. The van der Waals surface area contributed by atoms with Crippen molar-refractivity contribution >= 4 is 53.1 Å². The Labute approximate surface area is 211 Å². The van der Waals surface area contributed by atoms with Crippen molar-refractivity contribution < 1.29 is 19.4 Å². The number of ether oxygens (including phenoxy) is 1. The van der Waals surface area contributed by atoms with E-state index in [0.717, 1.165) is 22.3 Å². The lowest BCUT2D eigenvalue weighted by molar-refractivity contribution is -0.131. The average molecular weight is 510 g/mol. The zero-order chi connectivity index (χ0) is 25.8. The van der Waals surface area contributed by atoms with Crippen molar-refractivity contribution in [3.05, 3.63) is 62.0 Å². The van der Waals surface area contributed by atoms with Crippen LogP contribution in [-0.4, -0.2) is 50.7 Å². The molecular formula is C25H27N5O5S. The molecule has 0 radical (unpaired) electrons. The molecule has 36 heavy (non-hydrogen) atoms. The molecule has 188 valence electrons. The van der Waals surface area contributed by atoms with Gasteiger partial charge in [0, 0.05) is 24.2 Å². The lowest BCUT2D eigenvalue weighted by atomic mass is 10.1. The molecule has 0 saturated carbocycles. The second-order valence-electron chi connectivity index (χ2n) is 8.76. The quantitative estimate of drug-likeness (QED) is 0.460. The number of rotatable bonds is 7. The van der Waals surface area contributed by atoms with Gasteiger partial charge in [-0.3, -0.25) is 9.20 Å². The van der Waals surface area contributed by atoms with Crippen LogP contribution >= 0.6 is 11.3 Å². The molecule has 4 rings (SSSR count). The Balaban J connectivity index is 1.73. The number of anilines is 1. The average Bonchev–Trinajstić information content (AvgIpc) is 3.31. The summed E-state index contributed by atoms with van der Waals surface area (Å²) in [6, 6.07) is 3.57. The molecule has 1 amide bonds. The molecular weight excluding hydrogens is 482 g/mol. The van der Waals surface area contributed by atoms with Gasteiger partial charge in [-0.05, 0) is 48.6 Å². The summed E-state index contributed by atoms with van der Waals surface area (Å²) in [6.07, 6.45) is 7.61. The summed E-state index contributed by atoms with van der Waals surface area (Å²) in [7, 11) is 0. The van der Waals surface area contributed by atoms with Crippen molar-refractivity contribution in [2.24, 2.45) is 5.73 Å². The molecule has 0 bridgehead atoms. The van der Waals surface area contributed by atoms with Gasteiger partial charge >= 0.3 is 12.1 Å². The number of carboxylic acids is 1. The van der Waals surface area contributed by atoms with Crippen molar-refractivity contribution in [1.82, 2.24) is 14.4 Å². The van der Waals surface area contributed by atoms with Gasteiger partial charge in [0.05, 0.1) is 17.8 Å². The van der Waals surface area contributed by atoms with Gasteiger partial charge in [0.1, 0.15) is 22.6 Å². The van der Waals surface area contributed by atoms with Crippen LogP contribution in [0.5, 0.6) is 0 Å². The lowest BCUT2D eigenvalue weighted by Gasteiger charge is -2.33. The fourth-order valence-electron chi connectivity index (χ4n) is 4.00. The Morgan fingerprint density at radius 2 is 2.08 bits per heavy atom. The third kappa shape index (κ3) is 5.80. The van der Waals surface area contributed by atoms with Crippen LogP contribution < -0.4 is 16.2 Å². The van der Waals surface area contributed by atoms with E-state index in [4.69, 9.17) is 20.6 Å². The number of pyridine rings is 1. The molecule has 1 saturated heterocycles. The maximum atomic E-state index is 13.3. The zero-order valence-corrected chi connectivity index (χ0v) is 20.8. The van der Waals surface area contributed by atoms with E-state index in [1.807, 2.05) is 22.4 Å². The van der Waals surface area contributed by atoms with Crippen LogP contribution in [0.3, 0.4) is 0 Å². The number of piperidine rings is 1. The van der Waals surface area contributed by atoms with E-state index in [2.05, 4.69) is 18.8 Å². The van der Waals surface area contributed by atoms with Gasteiger partial charge in [0.2, 0.25) is 0 Å². The minimum absolute atomic E-state index is 0.141. The third-order valence-corrected chi connectivity index (χ3v) is 6.60. The Hall–Kier alpha value is -3.99. The van der Waals surface area contributed by atoms with Gasteiger partial charge < -0.3 is 20.5 Å². The number of primary amides is 1. The highest BCUT2D eigenvalue weighted by molar-refractivity contribution is 7.10. The molecule has 10 nitrogen and oxygen atoms in total. The molecule has 0 aromatic carbocycles. The first-order valence-corrected chi connectivity index (χ1v) is 12.4. The zero-order valence-electron chi connectivity index (χ0n) is 20.0. The second-order valence-corrected chi connectivity index (χ2v) is 9.65. The van der Waals surface area contributed by atoms with E-state index < -0.39 is 23.7 Å². The largest absolute Gasteiger partial charge is 0.478 e. The van der Waals surface area contributed by atoms with E-state index in [9.17, 15) is 14.4 Å². The molecule has 3 N–H and O–H groups in total. The lowest BCUT2D eigenvalue weighted by Crippen LogP contribution is -2.43. The second kappa shape index (κ2) is 10.7. The summed E-state index contributed by atoms with van der Waals surface area (Å²) < 4.78 is 6.55. The summed E-state index contributed by atoms with van der Waals surface area (Å²) in [5.74, 6) is -0.495. The Morgan fingerprint density at radius 1 is 1.28 bits per heavy atom. The van der Waals surface area contributed by atoms with E-state index in [-0.39, 0.29) is 5.56 Å². The molecule has 0 spiro atoms. The molecule has 0 unspecified atom stereocenters. The molecule has 3 aromatic rings. The number of carbonyl (C=O) groups is 2. The van der Waals surface area contributed by atoms with Gasteiger partial charge in [-0.2, -0.15) is 0 Å². The number of hydrogen-bond acceptors (Lipinski definition) is 8. The number of fused-ring (bicyclic) bond motifs is 1. The summed E-state index contributed by atoms with van der Waals surface area (Å²) in [5.41, 5.74) is 7.20. The van der Waals surface area contributed by atoms with E-state index >= 15 is 0 Å². The van der Waals surface area contributed by atoms with Crippen LogP contribution in [0.2, 0.25) is 0 Å². The first kappa shape index (κ1) is 25.1. The molecule has 1 fully saturated rings. The van der Waals surface area contributed by atoms with Crippen LogP contribution in [0, 0.1) is 0 Å².